The van der Waals surface area contributed by atoms with E-state index in [1.807, 2.05) is 0 Å². The highest BCUT2D eigenvalue weighted by Gasteiger charge is 2.26. The molecular weight excluding hydrogens is 236 g/mol. The van der Waals surface area contributed by atoms with Gasteiger partial charge in [0.2, 0.25) is 5.91 Å². The number of carboxylic acids is 1. The molecule has 0 aromatic rings. The fraction of sp³-hybridized carbons (Fsp3) is 0.833. The lowest BCUT2D eigenvalue weighted by Crippen LogP contribution is -2.38. The minimum absolute atomic E-state index is 0.0200. The summed E-state index contributed by atoms with van der Waals surface area (Å²) in [5, 5.41) is 20.2. The van der Waals surface area contributed by atoms with Gasteiger partial charge in [-0.1, -0.05) is 13.8 Å². The van der Waals surface area contributed by atoms with Crippen molar-refractivity contribution in [2.24, 2.45) is 11.1 Å². The second-order valence-corrected chi connectivity index (χ2v) is 5.05. The predicted octanol–water partition coefficient (Wildman–Crippen LogP) is 0.0934. The molecule has 0 aliphatic carbocycles. The number of carbonyl (C=O) groups is 2. The standard InChI is InChI=1S/C12H24N2O4/c1-12(2,6-8-15)11(18)14-7-4-3-5-9(13)10(16)17/h9,15H,3-8,13H2,1-2H3,(H,14,18)(H,16,17). The van der Waals surface area contributed by atoms with Crippen molar-refractivity contribution in [3.63, 3.8) is 0 Å². The predicted molar refractivity (Wildman–Crippen MR) is 68.0 cm³/mol. The van der Waals surface area contributed by atoms with E-state index in [1.54, 1.807) is 13.8 Å². The first-order valence-electron chi connectivity index (χ1n) is 6.19. The van der Waals surface area contributed by atoms with Crippen LogP contribution in [0, 0.1) is 5.41 Å². The van der Waals surface area contributed by atoms with Crippen LogP contribution in [0.4, 0.5) is 0 Å². The van der Waals surface area contributed by atoms with E-state index in [2.05, 4.69) is 5.32 Å². The third kappa shape index (κ3) is 6.56. The first-order chi connectivity index (χ1) is 8.31. The maximum atomic E-state index is 11.7. The minimum atomic E-state index is -0.997. The van der Waals surface area contributed by atoms with Crippen molar-refractivity contribution in [2.75, 3.05) is 13.2 Å². The van der Waals surface area contributed by atoms with Gasteiger partial charge in [-0.2, -0.15) is 0 Å². The molecule has 5 N–H and O–H groups in total. The van der Waals surface area contributed by atoms with E-state index in [1.165, 1.54) is 0 Å². The average molecular weight is 260 g/mol. The summed E-state index contributed by atoms with van der Waals surface area (Å²) in [4.78, 5) is 22.2. The summed E-state index contributed by atoms with van der Waals surface area (Å²) in [5.41, 5.74) is 4.78. The third-order valence-electron chi connectivity index (χ3n) is 2.90. The molecule has 0 saturated carbocycles. The number of hydrogen-bond acceptors (Lipinski definition) is 4. The van der Waals surface area contributed by atoms with E-state index in [9.17, 15) is 9.59 Å². The van der Waals surface area contributed by atoms with Gasteiger partial charge in [-0.3, -0.25) is 9.59 Å². The van der Waals surface area contributed by atoms with Crippen molar-refractivity contribution >= 4 is 11.9 Å². The van der Waals surface area contributed by atoms with Crippen molar-refractivity contribution < 1.29 is 19.8 Å². The van der Waals surface area contributed by atoms with Crippen LogP contribution >= 0.6 is 0 Å². The second kappa shape index (κ2) is 8.05. The molecule has 0 aliphatic heterocycles. The van der Waals surface area contributed by atoms with Crippen LogP contribution < -0.4 is 11.1 Å². The zero-order chi connectivity index (χ0) is 14.2. The topological polar surface area (TPSA) is 113 Å². The van der Waals surface area contributed by atoms with Crippen LogP contribution in [0.2, 0.25) is 0 Å². The minimum Gasteiger partial charge on any atom is -0.480 e. The molecule has 0 radical (unpaired) electrons. The van der Waals surface area contributed by atoms with Gasteiger partial charge in [0.25, 0.3) is 0 Å². The molecule has 0 saturated heterocycles. The molecule has 0 aromatic heterocycles. The lowest BCUT2D eigenvalue weighted by Gasteiger charge is -2.22. The Morgan fingerprint density at radius 3 is 2.44 bits per heavy atom. The van der Waals surface area contributed by atoms with E-state index in [4.69, 9.17) is 15.9 Å². The number of aliphatic carboxylic acids is 1. The Morgan fingerprint density at radius 1 is 1.33 bits per heavy atom. The molecule has 6 nitrogen and oxygen atoms in total. The molecule has 0 spiro atoms. The lowest BCUT2D eigenvalue weighted by molar-refractivity contribution is -0.138. The van der Waals surface area contributed by atoms with Crippen LogP contribution in [0.25, 0.3) is 0 Å². The molecule has 0 aromatic carbocycles. The first-order valence-corrected chi connectivity index (χ1v) is 6.19. The van der Waals surface area contributed by atoms with Gasteiger partial charge in [-0.15, -0.1) is 0 Å². The number of rotatable bonds is 9. The van der Waals surface area contributed by atoms with Crippen LogP contribution in [0.1, 0.15) is 39.5 Å². The van der Waals surface area contributed by atoms with E-state index in [0.29, 0.717) is 32.2 Å². The van der Waals surface area contributed by atoms with E-state index in [-0.39, 0.29) is 12.5 Å². The fourth-order valence-corrected chi connectivity index (χ4v) is 1.45. The number of unbranched alkanes of at least 4 members (excludes halogenated alkanes) is 1. The SMILES string of the molecule is CC(C)(CCO)C(=O)NCCCCC(N)C(=O)O. The molecule has 1 atom stereocenters. The number of amides is 1. The number of nitrogens with two attached hydrogens (primary N) is 1. The Labute approximate surface area is 108 Å². The molecule has 0 rings (SSSR count). The summed E-state index contributed by atoms with van der Waals surface area (Å²) < 4.78 is 0. The quantitative estimate of drug-likeness (QED) is 0.439. The normalized spacial score (nSPS) is 13.1. The highest BCUT2D eigenvalue weighted by molar-refractivity contribution is 5.81. The van der Waals surface area contributed by atoms with Crippen LogP contribution in [0.5, 0.6) is 0 Å². The highest BCUT2D eigenvalue weighted by atomic mass is 16.4. The van der Waals surface area contributed by atoms with Gasteiger partial charge in [0.1, 0.15) is 6.04 Å². The van der Waals surface area contributed by atoms with Gasteiger partial charge in [-0.05, 0) is 25.7 Å². The molecular formula is C12H24N2O4. The number of nitrogens with one attached hydrogen (secondary N) is 1. The van der Waals surface area contributed by atoms with Gasteiger partial charge in [-0.25, -0.2) is 0 Å². The number of aliphatic hydroxyl groups is 1. The zero-order valence-electron chi connectivity index (χ0n) is 11.1. The van der Waals surface area contributed by atoms with E-state index >= 15 is 0 Å². The second-order valence-electron chi connectivity index (χ2n) is 5.05. The molecule has 0 heterocycles. The molecule has 1 unspecified atom stereocenters. The van der Waals surface area contributed by atoms with Gasteiger partial charge in [0, 0.05) is 18.6 Å². The highest BCUT2D eigenvalue weighted by Crippen LogP contribution is 2.19. The Bertz CT molecular complexity index is 279. The van der Waals surface area contributed by atoms with Crippen molar-refractivity contribution in [3.8, 4) is 0 Å². The van der Waals surface area contributed by atoms with Crippen molar-refractivity contribution in [2.45, 2.75) is 45.6 Å². The summed E-state index contributed by atoms with van der Waals surface area (Å²) in [6, 6.07) is -0.827. The number of carbonyl (C=O) groups excluding carboxylic acids is 1. The Kier molecular flexibility index (Phi) is 7.54. The summed E-state index contributed by atoms with van der Waals surface area (Å²) in [6.07, 6.45) is 2.18. The van der Waals surface area contributed by atoms with Crippen LogP contribution in [-0.4, -0.2) is 41.3 Å². The summed E-state index contributed by atoms with van der Waals surface area (Å²) in [6.45, 7) is 4.03. The molecule has 0 bridgehead atoms. The van der Waals surface area contributed by atoms with E-state index < -0.39 is 17.4 Å². The Hall–Kier alpha value is -1.14. The van der Waals surface area contributed by atoms with Crippen molar-refractivity contribution in [1.82, 2.24) is 5.32 Å². The zero-order valence-corrected chi connectivity index (χ0v) is 11.1. The van der Waals surface area contributed by atoms with Gasteiger partial charge >= 0.3 is 5.97 Å². The monoisotopic (exact) mass is 260 g/mol. The Morgan fingerprint density at radius 2 is 1.94 bits per heavy atom. The Balaban J connectivity index is 3.73. The van der Waals surface area contributed by atoms with Crippen molar-refractivity contribution in [3.05, 3.63) is 0 Å². The van der Waals surface area contributed by atoms with Crippen LogP contribution in [0.15, 0.2) is 0 Å². The molecule has 0 fully saturated rings. The lowest BCUT2D eigenvalue weighted by atomic mass is 9.88. The average Bonchev–Trinajstić information content (AvgIpc) is 2.27. The summed E-state index contributed by atoms with van der Waals surface area (Å²) >= 11 is 0. The first kappa shape index (κ1) is 16.9. The fourth-order valence-electron chi connectivity index (χ4n) is 1.45. The molecule has 18 heavy (non-hydrogen) atoms. The number of hydrogen-bond donors (Lipinski definition) is 4. The number of aliphatic hydroxyl groups excluding tert-OH is 1. The molecule has 6 heteroatoms. The smallest absolute Gasteiger partial charge is 0.320 e. The summed E-state index contributed by atoms with van der Waals surface area (Å²) in [7, 11) is 0. The van der Waals surface area contributed by atoms with Gasteiger partial charge < -0.3 is 21.3 Å². The number of carboxylic acid groups (broad SMARTS) is 1. The molecule has 106 valence electrons. The van der Waals surface area contributed by atoms with Gasteiger partial charge in [0.15, 0.2) is 0 Å². The van der Waals surface area contributed by atoms with Crippen molar-refractivity contribution in [1.29, 1.82) is 0 Å². The largest absolute Gasteiger partial charge is 0.480 e. The van der Waals surface area contributed by atoms with Gasteiger partial charge in [0.05, 0.1) is 0 Å². The molecule has 1 amide bonds. The maximum absolute atomic E-state index is 11.7. The summed E-state index contributed by atoms with van der Waals surface area (Å²) in [5.74, 6) is -1.10. The molecule has 0 aliphatic rings. The van der Waals surface area contributed by atoms with E-state index in [0.717, 1.165) is 0 Å². The maximum Gasteiger partial charge on any atom is 0.320 e. The third-order valence-corrected chi connectivity index (χ3v) is 2.90. The van der Waals surface area contributed by atoms with Crippen LogP contribution in [0.3, 0.4) is 0 Å². The van der Waals surface area contributed by atoms with Crippen LogP contribution in [-0.2, 0) is 9.59 Å².